The zero-order chi connectivity index (χ0) is 15.4. The van der Waals surface area contributed by atoms with Crippen molar-refractivity contribution in [3.63, 3.8) is 0 Å². The zero-order valence-corrected chi connectivity index (χ0v) is 11.9. The summed E-state index contributed by atoms with van der Waals surface area (Å²) in [7, 11) is 0. The molecule has 21 heavy (non-hydrogen) atoms. The summed E-state index contributed by atoms with van der Waals surface area (Å²) >= 11 is 0. The molecule has 1 aliphatic rings. The molecule has 0 bridgehead atoms. The normalized spacial score (nSPS) is 15.5. The Morgan fingerprint density at radius 1 is 1.05 bits per heavy atom. The van der Waals surface area contributed by atoms with Gasteiger partial charge in [-0.05, 0) is 18.1 Å². The molecule has 6 heteroatoms. The highest BCUT2D eigenvalue weighted by molar-refractivity contribution is 6.35. The fourth-order valence-electron chi connectivity index (χ4n) is 2.33. The SMILES string of the molecule is CCN1CCN(Cc2ccc(CC(=O)O)cc2)C(=O)C1=O. The Bertz CT molecular complexity index is 553. The third kappa shape index (κ3) is 3.59. The maximum absolute atomic E-state index is 12.0. The van der Waals surface area contributed by atoms with Gasteiger partial charge in [0.25, 0.3) is 0 Å². The van der Waals surface area contributed by atoms with E-state index in [2.05, 4.69) is 0 Å². The van der Waals surface area contributed by atoms with Crippen LogP contribution in [0.15, 0.2) is 24.3 Å². The lowest BCUT2D eigenvalue weighted by molar-refractivity contribution is -0.156. The van der Waals surface area contributed by atoms with Gasteiger partial charge in [0.1, 0.15) is 0 Å². The number of carboxylic acids is 1. The van der Waals surface area contributed by atoms with E-state index >= 15 is 0 Å². The quantitative estimate of drug-likeness (QED) is 0.801. The number of aliphatic carboxylic acids is 1. The maximum atomic E-state index is 12.0. The minimum Gasteiger partial charge on any atom is -0.481 e. The number of carbonyl (C=O) groups is 3. The topological polar surface area (TPSA) is 77.9 Å². The van der Waals surface area contributed by atoms with Crippen molar-refractivity contribution in [3.05, 3.63) is 35.4 Å². The van der Waals surface area contributed by atoms with Gasteiger partial charge in [-0.3, -0.25) is 14.4 Å². The Morgan fingerprint density at radius 2 is 1.57 bits per heavy atom. The predicted octanol–water partition coefficient (Wildman–Crippen LogP) is 0.504. The molecule has 1 aromatic rings. The number of amides is 2. The van der Waals surface area contributed by atoms with Crippen LogP contribution in [0.4, 0.5) is 0 Å². The average Bonchev–Trinajstić information content (AvgIpc) is 2.45. The lowest BCUT2D eigenvalue weighted by atomic mass is 10.1. The van der Waals surface area contributed by atoms with Gasteiger partial charge in [-0.15, -0.1) is 0 Å². The molecule has 0 spiro atoms. The molecule has 1 aromatic carbocycles. The van der Waals surface area contributed by atoms with Crippen molar-refractivity contribution >= 4 is 17.8 Å². The third-order valence-electron chi connectivity index (χ3n) is 3.53. The number of likely N-dealkylation sites (N-methyl/N-ethyl adjacent to an activating group) is 1. The number of rotatable bonds is 5. The van der Waals surface area contributed by atoms with Gasteiger partial charge < -0.3 is 14.9 Å². The van der Waals surface area contributed by atoms with Crippen LogP contribution in [0.25, 0.3) is 0 Å². The standard InChI is InChI=1S/C15H18N2O4/c1-2-16-7-8-17(15(21)14(16)20)10-12-5-3-11(4-6-12)9-13(18)19/h3-6H,2,7-10H2,1H3,(H,18,19). The molecule has 1 fully saturated rings. The summed E-state index contributed by atoms with van der Waals surface area (Å²) in [5.74, 6) is -1.80. The molecule has 2 amide bonds. The molecule has 0 aliphatic carbocycles. The molecule has 6 nitrogen and oxygen atoms in total. The van der Waals surface area contributed by atoms with Crippen LogP contribution in [0.1, 0.15) is 18.1 Å². The van der Waals surface area contributed by atoms with Gasteiger partial charge in [0.15, 0.2) is 0 Å². The fourth-order valence-corrected chi connectivity index (χ4v) is 2.33. The van der Waals surface area contributed by atoms with Crippen LogP contribution in [0.3, 0.4) is 0 Å². The van der Waals surface area contributed by atoms with E-state index in [4.69, 9.17) is 5.11 Å². The van der Waals surface area contributed by atoms with Crippen LogP contribution in [0.2, 0.25) is 0 Å². The van der Waals surface area contributed by atoms with Crippen molar-refractivity contribution in [2.24, 2.45) is 0 Å². The van der Waals surface area contributed by atoms with Crippen LogP contribution in [-0.2, 0) is 27.3 Å². The molecule has 1 saturated heterocycles. The molecule has 1 N–H and O–H groups in total. The largest absolute Gasteiger partial charge is 0.481 e. The minimum atomic E-state index is -0.876. The Balaban J connectivity index is 2.00. The van der Waals surface area contributed by atoms with Crippen molar-refractivity contribution in [1.82, 2.24) is 9.80 Å². The first-order valence-electron chi connectivity index (χ1n) is 6.89. The van der Waals surface area contributed by atoms with Crippen molar-refractivity contribution in [3.8, 4) is 0 Å². The Hall–Kier alpha value is -2.37. The summed E-state index contributed by atoms with van der Waals surface area (Å²) in [6, 6.07) is 7.06. The number of benzene rings is 1. The van der Waals surface area contributed by atoms with Crippen LogP contribution in [0, 0.1) is 0 Å². The molecule has 112 valence electrons. The highest BCUT2D eigenvalue weighted by atomic mass is 16.4. The summed E-state index contributed by atoms with van der Waals surface area (Å²) in [5.41, 5.74) is 1.60. The minimum absolute atomic E-state index is 0.0210. The second-order valence-electron chi connectivity index (χ2n) is 5.00. The van der Waals surface area contributed by atoms with E-state index in [9.17, 15) is 14.4 Å². The van der Waals surface area contributed by atoms with Gasteiger partial charge in [-0.25, -0.2) is 0 Å². The molecule has 2 rings (SSSR count). The first-order valence-corrected chi connectivity index (χ1v) is 6.89. The molecule has 1 aliphatic heterocycles. The maximum Gasteiger partial charge on any atom is 0.312 e. The Labute approximate surface area is 123 Å². The van der Waals surface area contributed by atoms with Crippen LogP contribution in [0.5, 0.6) is 0 Å². The van der Waals surface area contributed by atoms with Gasteiger partial charge in [0.05, 0.1) is 6.42 Å². The Morgan fingerprint density at radius 3 is 2.14 bits per heavy atom. The van der Waals surface area contributed by atoms with E-state index < -0.39 is 17.8 Å². The summed E-state index contributed by atoms with van der Waals surface area (Å²) in [6.07, 6.45) is -0.0210. The summed E-state index contributed by atoms with van der Waals surface area (Å²) in [4.78, 5) is 37.4. The van der Waals surface area contributed by atoms with Crippen molar-refractivity contribution in [2.45, 2.75) is 19.9 Å². The lowest BCUT2D eigenvalue weighted by Gasteiger charge is -2.33. The van der Waals surface area contributed by atoms with E-state index in [0.29, 0.717) is 31.7 Å². The molecule has 0 atom stereocenters. The second-order valence-corrected chi connectivity index (χ2v) is 5.00. The molecule has 0 unspecified atom stereocenters. The van der Waals surface area contributed by atoms with Crippen molar-refractivity contribution < 1.29 is 19.5 Å². The molecule has 0 aromatic heterocycles. The predicted molar refractivity (Wildman–Crippen MR) is 75.5 cm³/mol. The van der Waals surface area contributed by atoms with Crippen molar-refractivity contribution in [2.75, 3.05) is 19.6 Å². The lowest BCUT2D eigenvalue weighted by Crippen LogP contribution is -2.53. The molecular formula is C15H18N2O4. The monoisotopic (exact) mass is 290 g/mol. The smallest absolute Gasteiger partial charge is 0.312 e. The van der Waals surface area contributed by atoms with E-state index in [0.717, 1.165) is 5.56 Å². The van der Waals surface area contributed by atoms with Crippen molar-refractivity contribution in [1.29, 1.82) is 0 Å². The van der Waals surface area contributed by atoms with Gasteiger partial charge in [-0.2, -0.15) is 0 Å². The Kier molecular flexibility index (Phi) is 4.57. The van der Waals surface area contributed by atoms with E-state index in [1.807, 2.05) is 6.92 Å². The van der Waals surface area contributed by atoms with E-state index in [-0.39, 0.29) is 6.42 Å². The average molecular weight is 290 g/mol. The number of carbonyl (C=O) groups excluding carboxylic acids is 2. The fraction of sp³-hybridized carbons (Fsp3) is 0.400. The number of nitrogens with zero attached hydrogens (tertiary/aromatic N) is 2. The van der Waals surface area contributed by atoms with Crippen LogP contribution in [-0.4, -0.2) is 52.3 Å². The highest BCUT2D eigenvalue weighted by Gasteiger charge is 2.31. The summed E-state index contributed by atoms with van der Waals surface area (Å²) < 4.78 is 0. The third-order valence-corrected chi connectivity index (χ3v) is 3.53. The highest BCUT2D eigenvalue weighted by Crippen LogP contribution is 2.12. The second kappa shape index (κ2) is 6.39. The van der Waals surface area contributed by atoms with Crippen LogP contribution >= 0.6 is 0 Å². The van der Waals surface area contributed by atoms with E-state index in [1.54, 1.807) is 24.3 Å². The molecule has 0 radical (unpaired) electrons. The number of hydrogen-bond donors (Lipinski definition) is 1. The van der Waals surface area contributed by atoms with Gasteiger partial charge >= 0.3 is 17.8 Å². The van der Waals surface area contributed by atoms with Gasteiger partial charge in [0.2, 0.25) is 0 Å². The number of piperazine rings is 1. The number of hydrogen-bond acceptors (Lipinski definition) is 3. The zero-order valence-electron chi connectivity index (χ0n) is 11.9. The number of carboxylic acid groups (broad SMARTS) is 1. The summed E-state index contributed by atoms with van der Waals surface area (Å²) in [5, 5.41) is 8.71. The van der Waals surface area contributed by atoms with E-state index in [1.165, 1.54) is 9.80 Å². The summed E-state index contributed by atoms with van der Waals surface area (Å²) in [6.45, 7) is 3.84. The molecule has 1 heterocycles. The van der Waals surface area contributed by atoms with Gasteiger partial charge in [-0.1, -0.05) is 24.3 Å². The molecular weight excluding hydrogens is 272 g/mol. The van der Waals surface area contributed by atoms with Crippen LogP contribution < -0.4 is 0 Å². The van der Waals surface area contributed by atoms with Gasteiger partial charge in [0, 0.05) is 26.2 Å². The first-order chi connectivity index (χ1) is 10.0. The molecule has 0 saturated carbocycles. The first kappa shape index (κ1) is 15.0.